The lowest BCUT2D eigenvalue weighted by atomic mass is 10.3. The Bertz CT molecular complexity index is 467. The van der Waals surface area contributed by atoms with Gasteiger partial charge in [-0.25, -0.2) is 4.98 Å². The van der Waals surface area contributed by atoms with Crippen LogP contribution in [0.2, 0.25) is 5.02 Å². The SMILES string of the molecule is N#Cc1c(Cl)ccc2cncn12. The van der Waals surface area contributed by atoms with Crippen LogP contribution in [0.4, 0.5) is 0 Å². The van der Waals surface area contributed by atoms with Crippen LogP contribution in [-0.4, -0.2) is 9.38 Å². The molecule has 2 aromatic heterocycles. The standard InChI is InChI=1S/C8H4ClN3/c9-7-2-1-6-4-11-5-12(6)8(7)3-10/h1-2,4-5H. The fraction of sp³-hybridized carbons (Fsp3) is 0. The van der Waals surface area contributed by atoms with Gasteiger partial charge in [0.2, 0.25) is 0 Å². The number of rotatable bonds is 0. The van der Waals surface area contributed by atoms with Gasteiger partial charge in [-0.1, -0.05) is 11.6 Å². The van der Waals surface area contributed by atoms with Gasteiger partial charge in [0.1, 0.15) is 18.1 Å². The highest BCUT2D eigenvalue weighted by Crippen LogP contribution is 2.16. The maximum absolute atomic E-state index is 8.75. The largest absolute Gasteiger partial charge is 0.289 e. The van der Waals surface area contributed by atoms with Crippen molar-refractivity contribution in [1.29, 1.82) is 5.26 Å². The predicted octanol–water partition coefficient (Wildman–Crippen LogP) is 1.86. The van der Waals surface area contributed by atoms with E-state index in [9.17, 15) is 0 Å². The smallest absolute Gasteiger partial charge is 0.144 e. The van der Waals surface area contributed by atoms with Crippen LogP contribution in [-0.2, 0) is 0 Å². The third-order valence-electron chi connectivity index (χ3n) is 1.64. The lowest BCUT2D eigenvalue weighted by Gasteiger charge is -1.97. The van der Waals surface area contributed by atoms with Crippen LogP contribution in [0, 0.1) is 11.3 Å². The molecule has 3 nitrogen and oxygen atoms in total. The summed E-state index contributed by atoms with van der Waals surface area (Å²) in [4.78, 5) is 3.90. The average molecular weight is 178 g/mol. The number of hydrogen-bond donors (Lipinski definition) is 0. The van der Waals surface area contributed by atoms with E-state index in [0.29, 0.717) is 10.7 Å². The predicted molar refractivity (Wildman–Crippen MR) is 44.9 cm³/mol. The Balaban J connectivity index is 2.94. The lowest BCUT2D eigenvalue weighted by Crippen LogP contribution is -1.90. The Kier molecular flexibility index (Phi) is 1.49. The number of aromatic nitrogens is 2. The number of nitrogens with zero attached hydrogens (tertiary/aromatic N) is 3. The zero-order chi connectivity index (χ0) is 8.55. The summed E-state index contributed by atoms with van der Waals surface area (Å²) in [5.74, 6) is 0. The zero-order valence-electron chi connectivity index (χ0n) is 6.03. The van der Waals surface area contributed by atoms with Crippen molar-refractivity contribution in [2.75, 3.05) is 0 Å². The van der Waals surface area contributed by atoms with Gasteiger partial charge < -0.3 is 0 Å². The molecule has 0 amide bonds. The van der Waals surface area contributed by atoms with Gasteiger partial charge in [0.25, 0.3) is 0 Å². The molecule has 2 heterocycles. The van der Waals surface area contributed by atoms with Crippen molar-refractivity contribution in [3.05, 3.63) is 35.4 Å². The van der Waals surface area contributed by atoms with Crippen LogP contribution in [0.1, 0.15) is 5.69 Å². The summed E-state index contributed by atoms with van der Waals surface area (Å²) in [6, 6.07) is 5.52. The molecule has 0 radical (unpaired) electrons. The van der Waals surface area contributed by atoms with E-state index >= 15 is 0 Å². The molecule has 0 aliphatic heterocycles. The summed E-state index contributed by atoms with van der Waals surface area (Å²) in [7, 11) is 0. The van der Waals surface area contributed by atoms with Gasteiger partial charge in [-0.2, -0.15) is 5.26 Å². The van der Waals surface area contributed by atoms with E-state index in [-0.39, 0.29) is 0 Å². The van der Waals surface area contributed by atoms with Crippen LogP contribution >= 0.6 is 11.6 Å². The highest BCUT2D eigenvalue weighted by molar-refractivity contribution is 6.31. The molecular formula is C8H4ClN3. The number of hydrogen-bond acceptors (Lipinski definition) is 2. The Morgan fingerprint density at radius 1 is 1.50 bits per heavy atom. The number of pyridine rings is 1. The summed E-state index contributed by atoms with van der Waals surface area (Å²) >= 11 is 5.79. The van der Waals surface area contributed by atoms with Crippen molar-refractivity contribution in [2.45, 2.75) is 0 Å². The monoisotopic (exact) mass is 177 g/mol. The highest BCUT2D eigenvalue weighted by Gasteiger charge is 2.03. The van der Waals surface area contributed by atoms with Gasteiger partial charge in [0.05, 0.1) is 16.7 Å². The van der Waals surface area contributed by atoms with Crippen LogP contribution < -0.4 is 0 Å². The molecule has 2 rings (SSSR count). The van der Waals surface area contributed by atoms with E-state index in [1.54, 1.807) is 23.0 Å². The lowest BCUT2D eigenvalue weighted by molar-refractivity contribution is 1.12. The summed E-state index contributed by atoms with van der Waals surface area (Å²) in [6.45, 7) is 0. The third kappa shape index (κ3) is 0.858. The molecule has 0 aliphatic rings. The number of imidazole rings is 1. The van der Waals surface area contributed by atoms with Crippen LogP contribution in [0.15, 0.2) is 24.7 Å². The van der Waals surface area contributed by atoms with E-state index in [1.165, 1.54) is 0 Å². The molecule has 12 heavy (non-hydrogen) atoms. The van der Waals surface area contributed by atoms with Crippen molar-refractivity contribution in [3.63, 3.8) is 0 Å². The molecule has 4 heteroatoms. The van der Waals surface area contributed by atoms with Gasteiger partial charge in [-0.05, 0) is 12.1 Å². The molecule has 0 saturated heterocycles. The van der Waals surface area contributed by atoms with Gasteiger partial charge in [0.15, 0.2) is 0 Å². The molecule has 0 aliphatic carbocycles. The molecule has 0 fully saturated rings. The molecule has 58 valence electrons. The maximum atomic E-state index is 8.75. The fourth-order valence-corrected chi connectivity index (χ4v) is 1.27. The second-order valence-electron chi connectivity index (χ2n) is 2.33. The first kappa shape index (κ1) is 7.14. The van der Waals surface area contributed by atoms with Crippen LogP contribution in [0.3, 0.4) is 0 Å². The minimum Gasteiger partial charge on any atom is -0.289 e. The Morgan fingerprint density at radius 2 is 2.33 bits per heavy atom. The number of nitriles is 1. The molecule has 0 N–H and O–H groups in total. The average Bonchev–Trinajstić information content (AvgIpc) is 2.52. The van der Waals surface area contributed by atoms with Crippen molar-refractivity contribution in [1.82, 2.24) is 9.38 Å². The molecular weight excluding hydrogens is 174 g/mol. The van der Waals surface area contributed by atoms with E-state index in [1.807, 2.05) is 12.1 Å². The summed E-state index contributed by atoms with van der Waals surface area (Å²) < 4.78 is 1.66. The van der Waals surface area contributed by atoms with E-state index in [2.05, 4.69) is 4.98 Å². The molecule has 0 spiro atoms. The summed E-state index contributed by atoms with van der Waals surface area (Å²) in [5.41, 5.74) is 1.29. The molecule has 0 bridgehead atoms. The van der Waals surface area contributed by atoms with Gasteiger partial charge >= 0.3 is 0 Å². The van der Waals surface area contributed by atoms with Gasteiger partial charge in [-0.15, -0.1) is 0 Å². The van der Waals surface area contributed by atoms with Crippen molar-refractivity contribution in [3.8, 4) is 6.07 Å². The normalized spacial score (nSPS) is 10.0. The number of halogens is 1. The van der Waals surface area contributed by atoms with Crippen molar-refractivity contribution >= 4 is 17.1 Å². The van der Waals surface area contributed by atoms with Gasteiger partial charge in [0, 0.05) is 0 Å². The van der Waals surface area contributed by atoms with E-state index in [4.69, 9.17) is 16.9 Å². The topological polar surface area (TPSA) is 41.1 Å². The Hall–Kier alpha value is -1.53. The summed E-state index contributed by atoms with van der Waals surface area (Å²) in [6.07, 6.45) is 3.25. The first-order valence-corrected chi connectivity index (χ1v) is 3.71. The molecule has 0 saturated carbocycles. The maximum Gasteiger partial charge on any atom is 0.144 e. The quantitative estimate of drug-likeness (QED) is 0.616. The second-order valence-corrected chi connectivity index (χ2v) is 2.74. The zero-order valence-corrected chi connectivity index (χ0v) is 6.78. The Morgan fingerprint density at radius 3 is 3.08 bits per heavy atom. The summed E-state index contributed by atoms with van der Waals surface area (Å²) in [5, 5.41) is 9.20. The first-order valence-electron chi connectivity index (χ1n) is 3.33. The molecule has 0 aromatic carbocycles. The molecule has 0 unspecified atom stereocenters. The van der Waals surface area contributed by atoms with Gasteiger partial charge in [-0.3, -0.25) is 4.40 Å². The Labute approximate surface area is 73.8 Å². The van der Waals surface area contributed by atoms with E-state index < -0.39 is 0 Å². The first-order chi connectivity index (χ1) is 5.83. The minimum absolute atomic E-state index is 0.423. The van der Waals surface area contributed by atoms with Crippen molar-refractivity contribution in [2.24, 2.45) is 0 Å². The fourth-order valence-electron chi connectivity index (χ4n) is 1.08. The third-order valence-corrected chi connectivity index (χ3v) is 1.95. The minimum atomic E-state index is 0.423. The molecule has 2 aromatic rings. The second kappa shape index (κ2) is 2.50. The molecule has 0 atom stereocenters. The highest BCUT2D eigenvalue weighted by atomic mass is 35.5. The van der Waals surface area contributed by atoms with E-state index in [0.717, 1.165) is 5.52 Å². The van der Waals surface area contributed by atoms with Crippen molar-refractivity contribution < 1.29 is 0 Å². The van der Waals surface area contributed by atoms with Crippen LogP contribution in [0.5, 0.6) is 0 Å². The number of fused-ring (bicyclic) bond motifs is 1. The van der Waals surface area contributed by atoms with Crippen LogP contribution in [0.25, 0.3) is 5.52 Å².